The van der Waals surface area contributed by atoms with Gasteiger partial charge in [-0.2, -0.15) is 0 Å². The zero-order chi connectivity index (χ0) is 18.0. The number of carbonyl (C=O) groups excluding carboxylic acids is 1. The maximum atomic E-state index is 12.3. The van der Waals surface area contributed by atoms with Gasteiger partial charge in [-0.25, -0.2) is 9.97 Å². The normalized spacial score (nSPS) is 10.5. The number of aromatic nitrogens is 2. The molecule has 1 N–H and O–H groups in total. The molecule has 0 spiro atoms. The van der Waals surface area contributed by atoms with Crippen molar-refractivity contribution in [1.29, 1.82) is 0 Å². The summed E-state index contributed by atoms with van der Waals surface area (Å²) in [5.74, 6) is -0.323. The number of rotatable bonds is 4. The van der Waals surface area contributed by atoms with E-state index in [1.807, 2.05) is 19.9 Å². The molecule has 0 saturated carbocycles. The lowest BCUT2D eigenvalue weighted by atomic mass is 10.1. The lowest BCUT2D eigenvalue weighted by Crippen LogP contribution is -2.14. The smallest absolute Gasteiger partial charge is 0.276 e. The molecule has 0 saturated heterocycles. The van der Waals surface area contributed by atoms with Crippen LogP contribution in [-0.4, -0.2) is 20.8 Å². The van der Waals surface area contributed by atoms with Gasteiger partial charge >= 0.3 is 0 Å². The van der Waals surface area contributed by atoms with Crippen molar-refractivity contribution in [2.75, 3.05) is 5.32 Å². The quantitative estimate of drug-likeness (QED) is 0.564. The van der Waals surface area contributed by atoms with E-state index in [1.54, 1.807) is 23.6 Å². The van der Waals surface area contributed by atoms with Crippen LogP contribution in [0.1, 0.15) is 21.7 Å². The van der Waals surface area contributed by atoms with Gasteiger partial charge in [0.15, 0.2) is 5.13 Å². The lowest BCUT2D eigenvalue weighted by Gasteiger charge is -2.03. The number of hydrogen-bond donors (Lipinski definition) is 1. The molecule has 2 heterocycles. The van der Waals surface area contributed by atoms with Crippen molar-refractivity contribution in [3.8, 4) is 11.3 Å². The number of anilines is 1. The minimum Gasteiger partial charge on any atom is -0.296 e. The van der Waals surface area contributed by atoms with E-state index in [0.29, 0.717) is 16.5 Å². The van der Waals surface area contributed by atoms with E-state index in [0.717, 1.165) is 16.8 Å². The van der Waals surface area contributed by atoms with E-state index < -0.39 is 4.92 Å². The number of hydrogen-bond acceptors (Lipinski definition) is 6. The molecule has 2 aromatic heterocycles. The first-order chi connectivity index (χ1) is 11.9. The summed E-state index contributed by atoms with van der Waals surface area (Å²) in [6.45, 7) is 3.74. The van der Waals surface area contributed by atoms with Crippen molar-refractivity contribution in [3.05, 3.63) is 68.8 Å². The van der Waals surface area contributed by atoms with Crippen LogP contribution in [0.15, 0.2) is 41.8 Å². The third kappa shape index (κ3) is 3.86. The molecule has 0 aliphatic rings. The van der Waals surface area contributed by atoms with Crippen molar-refractivity contribution < 1.29 is 9.72 Å². The summed E-state index contributed by atoms with van der Waals surface area (Å²) in [6.07, 6.45) is 0. The number of pyridine rings is 1. The number of non-ortho nitro benzene ring substituents is 1. The van der Waals surface area contributed by atoms with Crippen LogP contribution >= 0.6 is 11.3 Å². The third-order valence-corrected chi connectivity index (χ3v) is 4.19. The molecule has 8 heteroatoms. The number of benzene rings is 1. The average molecular weight is 354 g/mol. The van der Waals surface area contributed by atoms with Gasteiger partial charge in [0.2, 0.25) is 0 Å². The van der Waals surface area contributed by atoms with Gasteiger partial charge in [-0.15, -0.1) is 11.3 Å². The van der Waals surface area contributed by atoms with Crippen LogP contribution < -0.4 is 5.32 Å². The molecule has 0 bridgehead atoms. The minimum atomic E-state index is -0.451. The Bertz CT molecular complexity index is 931. The Kier molecular flexibility index (Phi) is 4.53. The first-order valence-electron chi connectivity index (χ1n) is 7.39. The Hall–Kier alpha value is -3.13. The second-order valence-corrected chi connectivity index (χ2v) is 6.33. The van der Waals surface area contributed by atoms with E-state index in [2.05, 4.69) is 15.3 Å². The summed E-state index contributed by atoms with van der Waals surface area (Å²) in [5, 5.41) is 15.7. The van der Waals surface area contributed by atoms with Gasteiger partial charge in [-0.05, 0) is 43.7 Å². The van der Waals surface area contributed by atoms with E-state index in [9.17, 15) is 14.9 Å². The molecule has 1 aromatic carbocycles. The summed E-state index contributed by atoms with van der Waals surface area (Å²) in [6, 6.07) is 9.72. The Morgan fingerprint density at radius 1 is 1.16 bits per heavy atom. The molecule has 3 aromatic rings. The second kappa shape index (κ2) is 6.78. The number of nitro benzene ring substituents is 1. The predicted octanol–water partition coefficient (Wildman–Crippen LogP) is 3.98. The predicted molar refractivity (Wildman–Crippen MR) is 95.9 cm³/mol. The molecule has 0 aliphatic carbocycles. The van der Waals surface area contributed by atoms with E-state index in [-0.39, 0.29) is 11.6 Å². The zero-order valence-electron chi connectivity index (χ0n) is 13.5. The van der Waals surface area contributed by atoms with Crippen LogP contribution in [0.4, 0.5) is 10.8 Å². The molecule has 0 fully saturated rings. The van der Waals surface area contributed by atoms with Crippen molar-refractivity contribution in [3.63, 3.8) is 0 Å². The van der Waals surface area contributed by atoms with Crippen LogP contribution in [0.3, 0.4) is 0 Å². The van der Waals surface area contributed by atoms with Gasteiger partial charge in [0, 0.05) is 28.8 Å². The largest absolute Gasteiger partial charge is 0.296 e. The molecule has 0 radical (unpaired) electrons. The van der Waals surface area contributed by atoms with Crippen molar-refractivity contribution in [2.45, 2.75) is 13.8 Å². The number of aryl methyl sites for hydroxylation is 2. The van der Waals surface area contributed by atoms with Gasteiger partial charge in [0.05, 0.1) is 10.6 Å². The van der Waals surface area contributed by atoms with Crippen LogP contribution in [-0.2, 0) is 0 Å². The second-order valence-electron chi connectivity index (χ2n) is 5.47. The molecule has 7 nitrogen and oxygen atoms in total. The summed E-state index contributed by atoms with van der Waals surface area (Å²) in [7, 11) is 0. The first kappa shape index (κ1) is 16.7. The standard InChI is InChI=1S/C17H14N4O3S/c1-10-7-11(2)18-14(8-10)16(22)20-17-19-15(9-25-17)12-3-5-13(6-4-12)21(23)24/h3-9H,1-2H3,(H,19,20,22). The number of nitrogens with zero attached hydrogens (tertiary/aromatic N) is 3. The maximum absolute atomic E-state index is 12.3. The highest BCUT2D eigenvalue weighted by molar-refractivity contribution is 7.14. The van der Waals surface area contributed by atoms with Crippen LogP contribution in [0.25, 0.3) is 11.3 Å². The molecule has 0 atom stereocenters. The first-order valence-corrected chi connectivity index (χ1v) is 8.27. The van der Waals surface area contributed by atoms with Gasteiger partial charge in [-0.3, -0.25) is 20.2 Å². The fraction of sp³-hybridized carbons (Fsp3) is 0.118. The lowest BCUT2D eigenvalue weighted by molar-refractivity contribution is -0.384. The Morgan fingerprint density at radius 3 is 2.52 bits per heavy atom. The highest BCUT2D eigenvalue weighted by Gasteiger charge is 2.13. The summed E-state index contributed by atoms with van der Waals surface area (Å²) < 4.78 is 0. The van der Waals surface area contributed by atoms with E-state index >= 15 is 0 Å². The summed E-state index contributed by atoms with van der Waals surface area (Å²) >= 11 is 1.28. The van der Waals surface area contributed by atoms with Crippen LogP contribution in [0.5, 0.6) is 0 Å². The fourth-order valence-corrected chi connectivity index (χ4v) is 3.05. The molecule has 126 valence electrons. The van der Waals surface area contributed by atoms with E-state index in [1.165, 1.54) is 23.5 Å². The highest BCUT2D eigenvalue weighted by atomic mass is 32.1. The molecular formula is C17H14N4O3S. The maximum Gasteiger partial charge on any atom is 0.276 e. The monoisotopic (exact) mass is 354 g/mol. The van der Waals surface area contributed by atoms with Crippen molar-refractivity contribution in [2.24, 2.45) is 0 Å². The van der Waals surface area contributed by atoms with E-state index in [4.69, 9.17) is 0 Å². The number of amides is 1. The van der Waals surface area contributed by atoms with Gasteiger partial charge < -0.3 is 0 Å². The molecule has 1 amide bonds. The molecule has 25 heavy (non-hydrogen) atoms. The number of thiazole rings is 1. The Labute approximate surface area is 147 Å². The Morgan fingerprint density at radius 2 is 1.88 bits per heavy atom. The summed E-state index contributed by atoms with van der Waals surface area (Å²) in [5.41, 5.74) is 3.48. The fourth-order valence-electron chi connectivity index (χ4n) is 2.34. The Balaban J connectivity index is 1.77. The SMILES string of the molecule is Cc1cc(C)nc(C(=O)Nc2nc(-c3ccc([N+](=O)[O-])cc3)cs2)c1. The molecule has 0 unspecified atom stereocenters. The number of nitrogens with one attached hydrogen (secondary N) is 1. The highest BCUT2D eigenvalue weighted by Crippen LogP contribution is 2.26. The number of nitro groups is 1. The molecule has 0 aliphatic heterocycles. The van der Waals surface area contributed by atoms with Crippen molar-refractivity contribution in [1.82, 2.24) is 9.97 Å². The van der Waals surface area contributed by atoms with Crippen molar-refractivity contribution >= 4 is 28.1 Å². The molecular weight excluding hydrogens is 340 g/mol. The topological polar surface area (TPSA) is 98.0 Å². The average Bonchev–Trinajstić information content (AvgIpc) is 3.02. The minimum absolute atomic E-state index is 0.0217. The van der Waals surface area contributed by atoms with Gasteiger partial charge in [0.25, 0.3) is 11.6 Å². The van der Waals surface area contributed by atoms with Gasteiger partial charge in [0.1, 0.15) is 5.69 Å². The molecule has 3 rings (SSSR count). The zero-order valence-corrected chi connectivity index (χ0v) is 14.3. The number of carbonyl (C=O) groups is 1. The van der Waals surface area contributed by atoms with Crippen LogP contribution in [0.2, 0.25) is 0 Å². The van der Waals surface area contributed by atoms with Crippen LogP contribution in [0, 0.1) is 24.0 Å². The summed E-state index contributed by atoms with van der Waals surface area (Å²) in [4.78, 5) is 31.1. The van der Waals surface area contributed by atoms with Gasteiger partial charge in [-0.1, -0.05) is 0 Å². The third-order valence-electron chi connectivity index (χ3n) is 3.43.